The van der Waals surface area contributed by atoms with Crippen LogP contribution >= 0.6 is 22.9 Å². The molecule has 0 radical (unpaired) electrons. The molecule has 0 spiro atoms. The maximum Gasteiger partial charge on any atom is 0.255 e. The summed E-state index contributed by atoms with van der Waals surface area (Å²) in [5.41, 5.74) is 3.13. The van der Waals surface area contributed by atoms with E-state index in [0.29, 0.717) is 10.6 Å². The van der Waals surface area contributed by atoms with E-state index in [1.54, 1.807) is 35.6 Å². The molecule has 4 aromatic rings. The van der Waals surface area contributed by atoms with Crippen LogP contribution in [0.4, 0.5) is 5.69 Å². The highest BCUT2D eigenvalue weighted by atomic mass is 35.5. The molecule has 0 unspecified atom stereocenters. The largest absolute Gasteiger partial charge is 0.322 e. The number of rotatable bonds is 3. The third kappa shape index (κ3) is 3.29. The number of aryl methyl sites for hydroxylation is 1. The van der Waals surface area contributed by atoms with Gasteiger partial charge in [0.1, 0.15) is 0 Å². The molecule has 0 aliphatic rings. The van der Waals surface area contributed by atoms with Gasteiger partial charge in [0.2, 0.25) is 0 Å². The maximum atomic E-state index is 12.3. The Morgan fingerprint density at radius 3 is 2.72 bits per heavy atom. The van der Waals surface area contributed by atoms with E-state index < -0.39 is 0 Å². The molecular formula is C19H14ClN3OS. The molecule has 0 aliphatic heterocycles. The van der Waals surface area contributed by atoms with E-state index in [9.17, 15) is 4.79 Å². The molecule has 6 heteroatoms. The first-order valence-corrected chi connectivity index (χ1v) is 8.90. The summed E-state index contributed by atoms with van der Waals surface area (Å²) in [5, 5.41) is 3.52. The van der Waals surface area contributed by atoms with E-state index in [4.69, 9.17) is 11.6 Å². The Labute approximate surface area is 153 Å². The number of nitrogens with zero attached hydrogens (tertiary/aromatic N) is 2. The van der Waals surface area contributed by atoms with Crippen LogP contribution in [0.2, 0.25) is 5.02 Å². The Hall–Kier alpha value is -2.63. The van der Waals surface area contributed by atoms with Gasteiger partial charge in [-0.05, 0) is 43.3 Å². The lowest BCUT2D eigenvalue weighted by atomic mass is 10.1. The summed E-state index contributed by atoms with van der Waals surface area (Å²) in [4.78, 5) is 19.2. The van der Waals surface area contributed by atoms with Gasteiger partial charge in [0.05, 0.1) is 5.69 Å². The Balaban J connectivity index is 1.59. The topological polar surface area (TPSA) is 46.4 Å². The van der Waals surface area contributed by atoms with Gasteiger partial charge in [-0.25, -0.2) is 4.98 Å². The molecule has 25 heavy (non-hydrogen) atoms. The molecule has 0 saturated carbocycles. The predicted octanol–water partition coefficient (Wildman–Crippen LogP) is 5.28. The predicted molar refractivity (Wildman–Crippen MR) is 103 cm³/mol. The monoisotopic (exact) mass is 367 g/mol. The number of anilines is 1. The number of imidazole rings is 1. The van der Waals surface area contributed by atoms with Crippen LogP contribution in [-0.4, -0.2) is 15.3 Å². The highest BCUT2D eigenvalue weighted by Crippen LogP contribution is 2.25. The minimum Gasteiger partial charge on any atom is -0.322 e. The molecule has 4 rings (SSSR count). The van der Waals surface area contributed by atoms with Crippen LogP contribution in [0.15, 0.2) is 60.9 Å². The average molecular weight is 368 g/mol. The number of fused-ring (bicyclic) bond motifs is 1. The first-order valence-electron chi connectivity index (χ1n) is 7.71. The van der Waals surface area contributed by atoms with Gasteiger partial charge in [0.15, 0.2) is 4.96 Å². The summed E-state index contributed by atoms with van der Waals surface area (Å²) in [6, 6.07) is 14.5. The second kappa shape index (κ2) is 6.35. The van der Waals surface area contributed by atoms with E-state index >= 15 is 0 Å². The first kappa shape index (κ1) is 15.9. The van der Waals surface area contributed by atoms with Crippen molar-refractivity contribution in [1.82, 2.24) is 9.38 Å². The molecule has 0 bridgehead atoms. The van der Waals surface area contributed by atoms with Crippen molar-refractivity contribution in [3.8, 4) is 11.3 Å². The summed E-state index contributed by atoms with van der Waals surface area (Å²) in [6.45, 7) is 2.06. The van der Waals surface area contributed by atoms with Crippen molar-refractivity contribution in [2.24, 2.45) is 0 Å². The van der Waals surface area contributed by atoms with Crippen LogP contribution in [0.3, 0.4) is 0 Å². The smallest absolute Gasteiger partial charge is 0.255 e. The van der Waals surface area contributed by atoms with E-state index in [2.05, 4.69) is 23.4 Å². The molecule has 0 aliphatic carbocycles. The van der Waals surface area contributed by atoms with Gasteiger partial charge in [-0.1, -0.05) is 23.7 Å². The van der Waals surface area contributed by atoms with Crippen LogP contribution in [0.5, 0.6) is 0 Å². The third-order valence-electron chi connectivity index (χ3n) is 3.79. The number of halogens is 1. The van der Waals surface area contributed by atoms with Crippen molar-refractivity contribution in [2.75, 3.05) is 5.32 Å². The van der Waals surface area contributed by atoms with Crippen molar-refractivity contribution in [1.29, 1.82) is 0 Å². The summed E-state index contributed by atoms with van der Waals surface area (Å²) in [6.07, 6.45) is 4.06. The van der Waals surface area contributed by atoms with Gasteiger partial charge in [-0.15, -0.1) is 11.3 Å². The van der Waals surface area contributed by atoms with Gasteiger partial charge in [-0.3, -0.25) is 9.20 Å². The minimum atomic E-state index is -0.171. The number of carbonyl (C=O) groups is 1. The highest BCUT2D eigenvalue weighted by molar-refractivity contribution is 7.17. The fourth-order valence-corrected chi connectivity index (χ4v) is 3.55. The Morgan fingerprint density at radius 1 is 1.16 bits per heavy atom. The zero-order chi connectivity index (χ0) is 17.4. The molecule has 2 aromatic heterocycles. The van der Waals surface area contributed by atoms with Crippen molar-refractivity contribution >= 4 is 39.5 Å². The zero-order valence-electron chi connectivity index (χ0n) is 13.4. The Morgan fingerprint density at radius 2 is 1.96 bits per heavy atom. The number of hydrogen-bond acceptors (Lipinski definition) is 3. The number of hydrogen-bond donors (Lipinski definition) is 1. The van der Waals surface area contributed by atoms with E-state index in [1.165, 1.54) is 4.88 Å². The SMILES string of the molecule is Cc1cn2cc(-c3cccc(NC(=O)c4ccc(Cl)cc4)c3)nc2s1. The summed E-state index contributed by atoms with van der Waals surface area (Å²) in [7, 11) is 0. The quantitative estimate of drug-likeness (QED) is 0.535. The Kier molecular flexibility index (Phi) is 4.03. The van der Waals surface area contributed by atoms with Crippen molar-refractivity contribution in [2.45, 2.75) is 6.92 Å². The van der Waals surface area contributed by atoms with Gasteiger partial charge >= 0.3 is 0 Å². The molecule has 1 amide bonds. The van der Waals surface area contributed by atoms with Gasteiger partial charge in [0.25, 0.3) is 5.91 Å². The number of carbonyl (C=O) groups excluding carboxylic acids is 1. The van der Waals surface area contributed by atoms with Gasteiger partial charge in [-0.2, -0.15) is 0 Å². The molecule has 2 heterocycles. The van der Waals surface area contributed by atoms with Crippen LogP contribution in [0.1, 0.15) is 15.2 Å². The standard InChI is InChI=1S/C19H14ClN3OS/c1-12-10-23-11-17(22-19(23)25-12)14-3-2-4-16(9-14)21-18(24)13-5-7-15(20)8-6-13/h2-11H,1H3,(H,21,24). The van der Waals surface area contributed by atoms with Crippen LogP contribution in [-0.2, 0) is 0 Å². The normalized spacial score (nSPS) is 11.0. The Bertz CT molecular complexity index is 1030. The maximum absolute atomic E-state index is 12.3. The highest BCUT2D eigenvalue weighted by Gasteiger charge is 2.09. The molecule has 2 aromatic carbocycles. The lowest BCUT2D eigenvalue weighted by Gasteiger charge is -2.07. The van der Waals surface area contributed by atoms with Gasteiger partial charge < -0.3 is 5.32 Å². The summed E-state index contributed by atoms with van der Waals surface area (Å²) >= 11 is 7.51. The van der Waals surface area contributed by atoms with E-state index in [-0.39, 0.29) is 5.91 Å². The fraction of sp³-hybridized carbons (Fsp3) is 0.0526. The van der Waals surface area contributed by atoms with Crippen molar-refractivity contribution in [3.05, 3.63) is 76.4 Å². The zero-order valence-corrected chi connectivity index (χ0v) is 14.9. The minimum absolute atomic E-state index is 0.171. The summed E-state index contributed by atoms with van der Waals surface area (Å²) < 4.78 is 2.02. The van der Waals surface area contributed by atoms with Gasteiger partial charge in [0, 0.05) is 39.1 Å². The molecule has 0 fully saturated rings. The number of benzene rings is 2. The molecule has 0 saturated heterocycles. The molecule has 4 nitrogen and oxygen atoms in total. The summed E-state index contributed by atoms with van der Waals surface area (Å²) in [5.74, 6) is -0.171. The van der Waals surface area contributed by atoms with Crippen molar-refractivity contribution < 1.29 is 4.79 Å². The average Bonchev–Trinajstić information content (AvgIpc) is 3.13. The van der Waals surface area contributed by atoms with Crippen LogP contribution < -0.4 is 5.32 Å². The molecular weight excluding hydrogens is 354 g/mol. The lowest BCUT2D eigenvalue weighted by Crippen LogP contribution is -2.11. The van der Waals surface area contributed by atoms with Crippen molar-refractivity contribution in [3.63, 3.8) is 0 Å². The van der Waals surface area contributed by atoms with Crippen LogP contribution in [0.25, 0.3) is 16.2 Å². The van der Waals surface area contributed by atoms with E-state index in [1.807, 2.05) is 34.9 Å². The third-order valence-corrected chi connectivity index (χ3v) is 4.96. The van der Waals surface area contributed by atoms with Crippen LogP contribution in [0, 0.1) is 6.92 Å². The molecule has 124 valence electrons. The fourth-order valence-electron chi connectivity index (χ4n) is 2.61. The second-order valence-electron chi connectivity index (χ2n) is 5.70. The second-order valence-corrected chi connectivity index (χ2v) is 7.35. The van der Waals surface area contributed by atoms with E-state index in [0.717, 1.165) is 21.9 Å². The number of nitrogens with one attached hydrogen (secondary N) is 1. The number of thiazole rings is 1. The number of amides is 1. The molecule has 1 N–H and O–H groups in total. The lowest BCUT2D eigenvalue weighted by molar-refractivity contribution is 0.102. The molecule has 0 atom stereocenters. The number of aromatic nitrogens is 2. The first-order chi connectivity index (χ1) is 12.1.